The standard InChI is InChI=1S/C14H17ClN4OS/c1-10(2)19-9-16-18-14(19)21-7-6-13(20)17-12-5-3-4-11(15)8-12/h3-5,8-10H,6-7H2,1-2H3,(H,17,20). The Balaban J connectivity index is 1.80. The molecule has 1 aromatic heterocycles. The van der Waals surface area contributed by atoms with Gasteiger partial charge in [-0.05, 0) is 32.0 Å². The van der Waals surface area contributed by atoms with Crippen molar-refractivity contribution in [1.82, 2.24) is 14.8 Å². The van der Waals surface area contributed by atoms with Gasteiger partial charge in [-0.2, -0.15) is 0 Å². The van der Waals surface area contributed by atoms with E-state index in [-0.39, 0.29) is 5.91 Å². The lowest BCUT2D eigenvalue weighted by Gasteiger charge is -2.09. The van der Waals surface area contributed by atoms with E-state index in [0.717, 1.165) is 5.16 Å². The number of hydrogen-bond donors (Lipinski definition) is 1. The van der Waals surface area contributed by atoms with E-state index in [2.05, 4.69) is 29.4 Å². The molecular weight excluding hydrogens is 308 g/mol. The van der Waals surface area contributed by atoms with Gasteiger partial charge >= 0.3 is 0 Å². The fourth-order valence-corrected chi connectivity index (χ4v) is 2.89. The van der Waals surface area contributed by atoms with Crippen molar-refractivity contribution in [1.29, 1.82) is 0 Å². The molecule has 1 aromatic carbocycles. The van der Waals surface area contributed by atoms with Crippen molar-refractivity contribution in [2.45, 2.75) is 31.5 Å². The number of thioether (sulfide) groups is 1. The molecule has 1 heterocycles. The van der Waals surface area contributed by atoms with E-state index in [1.165, 1.54) is 11.8 Å². The maximum absolute atomic E-state index is 11.9. The van der Waals surface area contributed by atoms with Crippen molar-refractivity contribution in [3.63, 3.8) is 0 Å². The summed E-state index contributed by atoms with van der Waals surface area (Å²) in [5, 5.41) is 12.2. The fourth-order valence-electron chi connectivity index (χ4n) is 1.71. The Kier molecular flexibility index (Phi) is 5.64. The predicted molar refractivity (Wildman–Crippen MR) is 85.8 cm³/mol. The zero-order valence-corrected chi connectivity index (χ0v) is 13.5. The minimum atomic E-state index is -0.0413. The first-order valence-corrected chi connectivity index (χ1v) is 8.00. The summed E-state index contributed by atoms with van der Waals surface area (Å²) in [5.41, 5.74) is 0.711. The summed E-state index contributed by atoms with van der Waals surface area (Å²) in [5.74, 6) is 0.609. The smallest absolute Gasteiger partial charge is 0.225 e. The number of carbonyl (C=O) groups is 1. The van der Waals surface area contributed by atoms with Gasteiger partial charge in [-0.25, -0.2) is 0 Å². The monoisotopic (exact) mass is 324 g/mol. The van der Waals surface area contributed by atoms with Gasteiger partial charge in [0.05, 0.1) is 0 Å². The van der Waals surface area contributed by atoms with Crippen molar-refractivity contribution in [3.05, 3.63) is 35.6 Å². The SMILES string of the molecule is CC(C)n1cnnc1SCCC(=O)Nc1cccc(Cl)c1. The van der Waals surface area contributed by atoms with Crippen LogP contribution in [0.2, 0.25) is 5.02 Å². The van der Waals surface area contributed by atoms with Gasteiger partial charge in [0.25, 0.3) is 0 Å². The molecule has 21 heavy (non-hydrogen) atoms. The van der Waals surface area contributed by atoms with Crippen molar-refractivity contribution in [2.75, 3.05) is 11.1 Å². The Labute approximate surface area is 133 Å². The zero-order chi connectivity index (χ0) is 15.2. The van der Waals surface area contributed by atoms with Crippen molar-refractivity contribution in [3.8, 4) is 0 Å². The molecule has 0 unspecified atom stereocenters. The van der Waals surface area contributed by atoms with E-state index >= 15 is 0 Å². The van der Waals surface area contributed by atoms with Gasteiger partial charge in [-0.15, -0.1) is 10.2 Å². The first-order chi connectivity index (χ1) is 10.1. The second-order valence-corrected chi connectivity index (χ2v) is 6.27. The van der Waals surface area contributed by atoms with E-state index in [1.54, 1.807) is 24.5 Å². The van der Waals surface area contributed by atoms with Crippen LogP contribution in [0, 0.1) is 0 Å². The third-order valence-corrected chi connectivity index (χ3v) is 3.96. The fraction of sp³-hybridized carbons (Fsp3) is 0.357. The van der Waals surface area contributed by atoms with Crippen LogP contribution in [-0.4, -0.2) is 26.4 Å². The van der Waals surface area contributed by atoms with Crippen LogP contribution in [0.3, 0.4) is 0 Å². The number of nitrogens with one attached hydrogen (secondary N) is 1. The molecule has 7 heteroatoms. The Morgan fingerprint density at radius 3 is 3.00 bits per heavy atom. The molecule has 5 nitrogen and oxygen atoms in total. The molecule has 0 bridgehead atoms. The third kappa shape index (κ3) is 4.75. The number of benzene rings is 1. The largest absolute Gasteiger partial charge is 0.326 e. The topological polar surface area (TPSA) is 59.8 Å². The minimum Gasteiger partial charge on any atom is -0.326 e. The number of hydrogen-bond acceptors (Lipinski definition) is 4. The molecule has 0 fully saturated rings. The molecule has 0 aliphatic heterocycles. The summed E-state index contributed by atoms with van der Waals surface area (Å²) < 4.78 is 1.99. The van der Waals surface area contributed by atoms with E-state index < -0.39 is 0 Å². The number of carbonyl (C=O) groups excluding carboxylic acids is 1. The third-order valence-electron chi connectivity index (χ3n) is 2.77. The summed E-state index contributed by atoms with van der Waals surface area (Å²) in [6.07, 6.45) is 2.11. The van der Waals surface area contributed by atoms with Crippen LogP contribution < -0.4 is 5.32 Å². The first-order valence-electron chi connectivity index (χ1n) is 6.64. The van der Waals surface area contributed by atoms with E-state index in [4.69, 9.17) is 11.6 Å². The van der Waals surface area contributed by atoms with Gasteiger partial charge in [0, 0.05) is 28.9 Å². The lowest BCUT2D eigenvalue weighted by atomic mass is 10.3. The maximum Gasteiger partial charge on any atom is 0.225 e. The normalized spacial score (nSPS) is 10.9. The van der Waals surface area contributed by atoms with Crippen LogP contribution >= 0.6 is 23.4 Å². The Morgan fingerprint density at radius 1 is 1.48 bits per heavy atom. The molecule has 1 N–H and O–H groups in total. The second kappa shape index (κ2) is 7.47. The van der Waals surface area contributed by atoms with Gasteiger partial charge < -0.3 is 9.88 Å². The summed E-state index contributed by atoms with van der Waals surface area (Å²) >= 11 is 7.40. The second-order valence-electron chi connectivity index (χ2n) is 4.77. The lowest BCUT2D eigenvalue weighted by molar-refractivity contribution is -0.115. The highest BCUT2D eigenvalue weighted by molar-refractivity contribution is 7.99. The minimum absolute atomic E-state index is 0.0413. The van der Waals surface area contributed by atoms with Crippen LogP contribution in [-0.2, 0) is 4.79 Å². The predicted octanol–water partition coefficient (Wildman–Crippen LogP) is 3.63. The Hall–Kier alpha value is -1.53. The number of rotatable bonds is 6. The average molecular weight is 325 g/mol. The summed E-state index contributed by atoms with van der Waals surface area (Å²) in [6.45, 7) is 4.14. The Bertz CT molecular complexity index is 615. The summed E-state index contributed by atoms with van der Waals surface area (Å²) in [7, 11) is 0. The van der Waals surface area contributed by atoms with E-state index in [0.29, 0.717) is 28.9 Å². The maximum atomic E-state index is 11.9. The highest BCUT2D eigenvalue weighted by Crippen LogP contribution is 2.20. The van der Waals surface area contributed by atoms with Crippen molar-refractivity contribution < 1.29 is 4.79 Å². The Morgan fingerprint density at radius 2 is 2.29 bits per heavy atom. The van der Waals surface area contributed by atoms with Gasteiger partial charge in [0.15, 0.2) is 5.16 Å². The van der Waals surface area contributed by atoms with E-state index in [9.17, 15) is 4.79 Å². The van der Waals surface area contributed by atoms with Crippen LogP contribution in [0.4, 0.5) is 5.69 Å². The first kappa shape index (κ1) is 15.9. The van der Waals surface area contributed by atoms with Gasteiger partial charge in [-0.1, -0.05) is 29.4 Å². The molecule has 0 radical (unpaired) electrons. The van der Waals surface area contributed by atoms with Crippen molar-refractivity contribution in [2.24, 2.45) is 0 Å². The van der Waals surface area contributed by atoms with Crippen LogP contribution in [0.1, 0.15) is 26.3 Å². The molecular formula is C14H17ClN4OS. The van der Waals surface area contributed by atoms with Gasteiger partial charge in [0.1, 0.15) is 6.33 Å². The van der Waals surface area contributed by atoms with Crippen molar-refractivity contribution >= 4 is 35.0 Å². The quantitative estimate of drug-likeness (QED) is 0.824. The molecule has 0 spiro atoms. The number of nitrogens with zero attached hydrogens (tertiary/aromatic N) is 3. The van der Waals surface area contributed by atoms with Crippen LogP contribution in [0.15, 0.2) is 35.7 Å². The molecule has 0 saturated carbocycles. The molecule has 0 saturated heterocycles. The molecule has 1 amide bonds. The number of amides is 1. The molecule has 0 atom stereocenters. The highest BCUT2D eigenvalue weighted by atomic mass is 35.5. The summed E-state index contributed by atoms with van der Waals surface area (Å²) in [6, 6.07) is 7.42. The molecule has 0 aliphatic carbocycles. The van der Waals surface area contributed by atoms with Gasteiger partial charge in [-0.3, -0.25) is 4.79 Å². The molecule has 2 rings (SSSR count). The zero-order valence-electron chi connectivity index (χ0n) is 11.9. The van der Waals surface area contributed by atoms with Crippen LogP contribution in [0.25, 0.3) is 0 Å². The van der Waals surface area contributed by atoms with E-state index in [1.807, 2.05) is 10.6 Å². The molecule has 0 aliphatic rings. The number of aromatic nitrogens is 3. The highest BCUT2D eigenvalue weighted by Gasteiger charge is 2.09. The average Bonchev–Trinajstić information content (AvgIpc) is 2.87. The number of halogens is 1. The van der Waals surface area contributed by atoms with Gasteiger partial charge in [0.2, 0.25) is 5.91 Å². The molecule has 112 valence electrons. The summed E-state index contributed by atoms with van der Waals surface area (Å²) in [4.78, 5) is 11.9. The molecule has 2 aromatic rings. The number of anilines is 1. The van der Waals surface area contributed by atoms with Crippen LogP contribution in [0.5, 0.6) is 0 Å². The lowest BCUT2D eigenvalue weighted by Crippen LogP contribution is -2.12.